The van der Waals surface area contributed by atoms with Gasteiger partial charge >= 0.3 is 0 Å². The predicted molar refractivity (Wildman–Crippen MR) is 124 cm³/mol. The minimum absolute atomic E-state index is 0.132. The van der Waals surface area contributed by atoms with Crippen molar-refractivity contribution < 1.29 is 19.0 Å². The molecular formula is C25H26ClNO4. The number of rotatable bonds is 8. The third kappa shape index (κ3) is 5.57. The van der Waals surface area contributed by atoms with Crippen LogP contribution in [0, 0.1) is 0 Å². The fourth-order valence-electron chi connectivity index (χ4n) is 3.25. The molecule has 3 aromatic carbocycles. The summed E-state index contributed by atoms with van der Waals surface area (Å²) < 4.78 is 16.7. The van der Waals surface area contributed by atoms with Gasteiger partial charge in [0, 0.05) is 16.3 Å². The molecule has 0 aliphatic carbocycles. The molecule has 1 unspecified atom stereocenters. The lowest BCUT2D eigenvalue weighted by molar-refractivity contribution is -0.130. The molecule has 0 saturated heterocycles. The minimum Gasteiger partial charge on any atom is -0.493 e. The SMILES string of the molecule is COc1ccc(-c2ccccc2NC(=O)C(OC(C)C)c2ccc(Cl)cc2)cc1OC. The van der Waals surface area contributed by atoms with Crippen LogP contribution in [0.1, 0.15) is 25.5 Å². The first-order chi connectivity index (χ1) is 14.9. The molecule has 0 aliphatic heterocycles. The summed E-state index contributed by atoms with van der Waals surface area (Å²) in [6.07, 6.45) is -0.900. The second kappa shape index (κ2) is 10.3. The first kappa shape index (κ1) is 22.7. The Morgan fingerprint density at radius 3 is 2.23 bits per heavy atom. The van der Waals surface area contributed by atoms with Crippen LogP contribution in [0.3, 0.4) is 0 Å². The van der Waals surface area contributed by atoms with Crippen molar-refractivity contribution in [1.29, 1.82) is 0 Å². The summed E-state index contributed by atoms with van der Waals surface area (Å²) in [5.74, 6) is 0.994. The van der Waals surface area contributed by atoms with Gasteiger partial charge in [0.2, 0.25) is 0 Å². The summed E-state index contributed by atoms with van der Waals surface area (Å²) in [6.45, 7) is 3.79. The van der Waals surface area contributed by atoms with Crippen molar-refractivity contribution in [3.8, 4) is 22.6 Å². The van der Waals surface area contributed by atoms with Crippen LogP contribution in [0.4, 0.5) is 5.69 Å². The van der Waals surface area contributed by atoms with E-state index >= 15 is 0 Å². The summed E-state index contributed by atoms with van der Waals surface area (Å²) in [7, 11) is 3.19. The molecule has 0 radical (unpaired) electrons. The molecule has 162 valence electrons. The van der Waals surface area contributed by atoms with Crippen LogP contribution in [-0.4, -0.2) is 26.2 Å². The molecule has 5 nitrogen and oxygen atoms in total. The highest BCUT2D eigenvalue weighted by molar-refractivity contribution is 6.30. The van der Waals surface area contributed by atoms with Crippen LogP contribution in [-0.2, 0) is 9.53 Å². The molecule has 1 amide bonds. The van der Waals surface area contributed by atoms with Gasteiger partial charge in [-0.2, -0.15) is 0 Å². The maximum Gasteiger partial charge on any atom is 0.258 e. The first-order valence-corrected chi connectivity index (χ1v) is 10.3. The van der Waals surface area contributed by atoms with Crippen molar-refractivity contribution in [3.63, 3.8) is 0 Å². The van der Waals surface area contributed by atoms with E-state index in [1.807, 2.05) is 56.3 Å². The van der Waals surface area contributed by atoms with E-state index in [1.165, 1.54) is 0 Å². The average Bonchev–Trinajstić information content (AvgIpc) is 2.78. The summed E-state index contributed by atoms with van der Waals surface area (Å²) >= 11 is 6.01. The maximum absolute atomic E-state index is 13.2. The van der Waals surface area contributed by atoms with Crippen molar-refractivity contribution in [1.82, 2.24) is 0 Å². The molecule has 0 spiro atoms. The van der Waals surface area contributed by atoms with E-state index < -0.39 is 6.10 Å². The zero-order valence-corrected chi connectivity index (χ0v) is 18.8. The number of amides is 1. The number of methoxy groups -OCH3 is 2. The van der Waals surface area contributed by atoms with Gasteiger partial charge in [-0.05, 0) is 55.3 Å². The number of hydrogen-bond donors (Lipinski definition) is 1. The monoisotopic (exact) mass is 439 g/mol. The van der Waals surface area contributed by atoms with Gasteiger partial charge in [-0.3, -0.25) is 4.79 Å². The summed E-state index contributed by atoms with van der Waals surface area (Å²) in [5, 5.41) is 3.63. The Labute approximate surface area is 187 Å². The summed E-state index contributed by atoms with van der Waals surface area (Å²) in [4.78, 5) is 13.2. The lowest BCUT2D eigenvalue weighted by atomic mass is 10.0. The third-order valence-corrected chi connectivity index (χ3v) is 4.95. The van der Waals surface area contributed by atoms with Gasteiger partial charge in [-0.25, -0.2) is 0 Å². The van der Waals surface area contributed by atoms with E-state index in [9.17, 15) is 4.79 Å². The number of anilines is 1. The number of hydrogen-bond acceptors (Lipinski definition) is 4. The van der Waals surface area contributed by atoms with Crippen LogP contribution in [0.2, 0.25) is 5.02 Å². The maximum atomic E-state index is 13.2. The quantitative estimate of drug-likeness (QED) is 0.458. The molecular weight excluding hydrogens is 414 g/mol. The molecule has 0 aliphatic rings. The molecule has 6 heteroatoms. The number of halogens is 1. The van der Waals surface area contributed by atoms with Gasteiger partial charge in [0.05, 0.1) is 20.3 Å². The van der Waals surface area contributed by atoms with Gasteiger partial charge in [-0.15, -0.1) is 0 Å². The lowest BCUT2D eigenvalue weighted by Crippen LogP contribution is -2.26. The molecule has 3 rings (SSSR count). The highest BCUT2D eigenvalue weighted by Crippen LogP contribution is 2.36. The average molecular weight is 440 g/mol. The standard InChI is InChI=1S/C25H26ClNO4/c1-16(2)31-24(17-9-12-19(26)13-10-17)25(28)27-21-8-6-5-7-20(21)18-11-14-22(29-3)23(15-18)30-4/h5-16,24H,1-4H3,(H,27,28). The summed E-state index contributed by atoms with van der Waals surface area (Å²) in [6, 6.07) is 20.3. The Hall–Kier alpha value is -3.02. The second-order valence-corrected chi connectivity index (χ2v) is 7.66. The van der Waals surface area contributed by atoms with Gasteiger partial charge < -0.3 is 19.5 Å². The molecule has 0 bridgehead atoms. The van der Waals surface area contributed by atoms with E-state index in [4.69, 9.17) is 25.8 Å². The molecule has 0 heterocycles. The lowest BCUT2D eigenvalue weighted by Gasteiger charge is -2.21. The molecule has 0 aromatic heterocycles. The molecule has 0 saturated carbocycles. The highest BCUT2D eigenvalue weighted by atomic mass is 35.5. The van der Waals surface area contributed by atoms with Crippen molar-refractivity contribution in [2.75, 3.05) is 19.5 Å². The minimum atomic E-state index is -0.768. The fraction of sp³-hybridized carbons (Fsp3) is 0.240. The van der Waals surface area contributed by atoms with E-state index in [2.05, 4.69) is 5.32 Å². The number of ether oxygens (including phenoxy) is 3. The van der Waals surface area contributed by atoms with Crippen LogP contribution < -0.4 is 14.8 Å². The summed E-state index contributed by atoms with van der Waals surface area (Å²) in [5.41, 5.74) is 3.16. The van der Waals surface area contributed by atoms with Crippen LogP contribution in [0.15, 0.2) is 66.7 Å². The van der Waals surface area contributed by atoms with E-state index in [-0.39, 0.29) is 12.0 Å². The second-order valence-electron chi connectivity index (χ2n) is 7.22. The molecule has 3 aromatic rings. The van der Waals surface area contributed by atoms with Gasteiger partial charge in [-0.1, -0.05) is 48.0 Å². The third-order valence-electron chi connectivity index (χ3n) is 4.70. The van der Waals surface area contributed by atoms with Crippen LogP contribution >= 0.6 is 11.6 Å². The topological polar surface area (TPSA) is 56.8 Å². The zero-order chi connectivity index (χ0) is 22.4. The Kier molecular flexibility index (Phi) is 7.55. The van der Waals surface area contributed by atoms with E-state index in [1.54, 1.807) is 38.5 Å². The largest absolute Gasteiger partial charge is 0.493 e. The normalized spacial score (nSPS) is 11.8. The van der Waals surface area contributed by atoms with Crippen LogP contribution in [0.25, 0.3) is 11.1 Å². The number of carbonyl (C=O) groups excluding carboxylic acids is 1. The fourth-order valence-corrected chi connectivity index (χ4v) is 3.37. The Morgan fingerprint density at radius 1 is 0.903 bits per heavy atom. The highest BCUT2D eigenvalue weighted by Gasteiger charge is 2.24. The number of nitrogens with one attached hydrogen (secondary N) is 1. The van der Waals surface area contributed by atoms with E-state index in [0.717, 1.165) is 16.7 Å². The molecule has 0 fully saturated rings. The molecule has 1 atom stereocenters. The zero-order valence-electron chi connectivity index (χ0n) is 18.0. The predicted octanol–water partition coefficient (Wildman–Crippen LogP) is 6.13. The number of carbonyl (C=O) groups is 1. The number of para-hydroxylation sites is 1. The Bertz CT molecular complexity index is 1030. The van der Waals surface area contributed by atoms with Gasteiger partial charge in [0.1, 0.15) is 0 Å². The first-order valence-electron chi connectivity index (χ1n) is 9.96. The van der Waals surface area contributed by atoms with Crippen molar-refractivity contribution >= 4 is 23.2 Å². The number of benzene rings is 3. The Morgan fingerprint density at radius 2 is 1.58 bits per heavy atom. The van der Waals surface area contributed by atoms with E-state index in [0.29, 0.717) is 22.2 Å². The molecule has 31 heavy (non-hydrogen) atoms. The Balaban J connectivity index is 1.93. The van der Waals surface area contributed by atoms with Crippen molar-refractivity contribution in [2.24, 2.45) is 0 Å². The smallest absolute Gasteiger partial charge is 0.258 e. The van der Waals surface area contributed by atoms with Crippen LogP contribution in [0.5, 0.6) is 11.5 Å². The van der Waals surface area contributed by atoms with Gasteiger partial charge in [0.25, 0.3) is 5.91 Å². The van der Waals surface area contributed by atoms with Crippen molar-refractivity contribution in [3.05, 3.63) is 77.3 Å². The van der Waals surface area contributed by atoms with Crippen molar-refractivity contribution in [2.45, 2.75) is 26.1 Å². The van der Waals surface area contributed by atoms with Gasteiger partial charge in [0.15, 0.2) is 17.6 Å². The molecule has 1 N–H and O–H groups in total.